The number of carbonyl (C=O) groups excluding carboxylic acids is 1. The number of nitrogens with one attached hydrogen (secondary N) is 1. The van der Waals surface area contributed by atoms with Crippen molar-refractivity contribution in [1.82, 2.24) is 14.6 Å². The van der Waals surface area contributed by atoms with E-state index in [2.05, 4.69) is 5.10 Å². The van der Waals surface area contributed by atoms with E-state index >= 15 is 0 Å². The van der Waals surface area contributed by atoms with Crippen molar-refractivity contribution in [3.63, 3.8) is 0 Å². The first-order valence-electron chi connectivity index (χ1n) is 9.03. The van der Waals surface area contributed by atoms with Gasteiger partial charge in [-0.05, 0) is 25.5 Å². The topological polar surface area (TPSA) is 76.5 Å². The molecule has 0 fully saturated rings. The molecular weight excluding hydrogens is 354 g/mol. The van der Waals surface area contributed by atoms with Gasteiger partial charge in [-0.1, -0.05) is 48.5 Å². The summed E-state index contributed by atoms with van der Waals surface area (Å²) in [6.07, 6.45) is -0.746. The molecule has 0 amide bonds. The molecule has 1 N–H and O–H groups in total. The molecule has 0 aliphatic carbocycles. The molecule has 6 heteroatoms. The zero-order valence-electron chi connectivity index (χ0n) is 15.4. The van der Waals surface area contributed by atoms with Crippen molar-refractivity contribution in [2.45, 2.75) is 20.0 Å². The molecule has 0 radical (unpaired) electrons. The number of carbonyl (C=O) groups is 1. The fourth-order valence-corrected chi connectivity index (χ4v) is 3.92. The number of aromatic nitrogens is 3. The maximum atomic E-state index is 13.4. The number of cyclic esters (lactones) is 1. The highest BCUT2D eigenvalue weighted by Crippen LogP contribution is 2.36. The van der Waals surface area contributed by atoms with Gasteiger partial charge in [0, 0.05) is 16.8 Å². The Bertz CT molecular complexity index is 1300. The van der Waals surface area contributed by atoms with Crippen molar-refractivity contribution in [3.05, 3.63) is 93.0 Å². The maximum Gasteiger partial charge on any atom is 0.339 e. The summed E-state index contributed by atoms with van der Waals surface area (Å²) in [5, 5.41) is 3.12. The number of rotatable bonds is 2. The first-order valence-corrected chi connectivity index (χ1v) is 9.03. The summed E-state index contributed by atoms with van der Waals surface area (Å²) in [5.41, 5.74) is 5.12. The Morgan fingerprint density at radius 3 is 2.50 bits per heavy atom. The average Bonchev–Trinajstić information content (AvgIpc) is 3.20. The SMILES string of the molecule is Cc1nc2c(-c3ccccc3)c(C)[nH]n2c(=O)c1C1OC(=O)c2ccccc21. The van der Waals surface area contributed by atoms with Crippen molar-refractivity contribution < 1.29 is 9.53 Å². The van der Waals surface area contributed by atoms with E-state index in [0.29, 0.717) is 28.0 Å². The molecule has 28 heavy (non-hydrogen) atoms. The Balaban J connectivity index is 1.76. The Morgan fingerprint density at radius 2 is 1.71 bits per heavy atom. The standard InChI is InChI=1S/C22H17N3O3/c1-12-18(19-15-10-6-7-11-16(15)22(27)28-19)21(26)25-20(23-12)17(13(2)24-25)14-8-4-3-5-9-14/h3-11,19,24H,1-2H3. The van der Waals surface area contributed by atoms with Crippen molar-refractivity contribution in [3.8, 4) is 11.1 Å². The second kappa shape index (κ2) is 5.92. The summed E-state index contributed by atoms with van der Waals surface area (Å²) in [5.74, 6) is -0.419. The molecule has 2 aromatic carbocycles. The van der Waals surface area contributed by atoms with E-state index in [-0.39, 0.29) is 5.56 Å². The molecule has 0 saturated heterocycles. The number of ether oxygens (including phenoxy) is 1. The number of nitrogens with zero attached hydrogens (tertiary/aromatic N) is 2. The van der Waals surface area contributed by atoms with Crippen LogP contribution < -0.4 is 5.56 Å². The van der Waals surface area contributed by atoms with Gasteiger partial charge in [-0.3, -0.25) is 9.89 Å². The lowest BCUT2D eigenvalue weighted by Crippen LogP contribution is -2.25. The lowest BCUT2D eigenvalue weighted by Gasteiger charge is -2.13. The molecule has 5 rings (SSSR count). The van der Waals surface area contributed by atoms with Gasteiger partial charge in [0.25, 0.3) is 5.56 Å². The lowest BCUT2D eigenvalue weighted by atomic mass is 9.99. The quantitative estimate of drug-likeness (QED) is 0.547. The molecule has 3 heterocycles. The zero-order chi connectivity index (χ0) is 19.4. The predicted molar refractivity (Wildman–Crippen MR) is 104 cm³/mol. The number of aryl methyl sites for hydroxylation is 2. The molecule has 138 valence electrons. The highest BCUT2D eigenvalue weighted by atomic mass is 16.5. The van der Waals surface area contributed by atoms with Crippen LogP contribution in [0.4, 0.5) is 0 Å². The largest absolute Gasteiger partial charge is 0.449 e. The van der Waals surface area contributed by atoms with E-state index in [9.17, 15) is 9.59 Å². The molecule has 0 saturated carbocycles. The highest BCUT2D eigenvalue weighted by Gasteiger charge is 2.35. The number of esters is 1. The molecular formula is C22H17N3O3. The first kappa shape index (κ1) is 16.5. The van der Waals surface area contributed by atoms with Crippen LogP contribution in [0.5, 0.6) is 0 Å². The third kappa shape index (κ3) is 2.24. The van der Waals surface area contributed by atoms with Crippen molar-refractivity contribution in [1.29, 1.82) is 0 Å². The zero-order valence-corrected chi connectivity index (χ0v) is 15.4. The summed E-state index contributed by atoms with van der Waals surface area (Å²) in [6.45, 7) is 3.69. The smallest absolute Gasteiger partial charge is 0.339 e. The van der Waals surface area contributed by atoms with E-state index < -0.39 is 12.1 Å². The monoisotopic (exact) mass is 371 g/mol. The van der Waals surface area contributed by atoms with Crippen LogP contribution in [0.1, 0.15) is 39.0 Å². The van der Waals surface area contributed by atoms with E-state index in [1.807, 2.05) is 49.4 Å². The Kier molecular flexibility index (Phi) is 3.49. The molecule has 1 unspecified atom stereocenters. The van der Waals surface area contributed by atoms with Crippen LogP contribution in [0, 0.1) is 13.8 Å². The first-order chi connectivity index (χ1) is 13.6. The van der Waals surface area contributed by atoms with Crippen LogP contribution in [0.3, 0.4) is 0 Å². The van der Waals surface area contributed by atoms with Gasteiger partial charge in [0.15, 0.2) is 11.8 Å². The second-order valence-electron chi connectivity index (χ2n) is 6.93. The number of hydrogen-bond acceptors (Lipinski definition) is 4. The summed E-state index contributed by atoms with van der Waals surface area (Å²) in [6, 6.07) is 17.0. The molecule has 4 aromatic rings. The van der Waals surface area contributed by atoms with E-state index in [0.717, 1.165) is 16.8 Å². The van der Waals surface area contributed by atoms with E-state index in [1.54, 1.807) is 19.1 Å². The van der Waals surface area contributed by atoms with Crippen molar-refractivity contribution in [2.75, 3.05) is 0 Å². The fraction of sp³-hybridized carbons (Fsp3) is 0.136. The minimum absolute atomic E-state index is 0.262. The van der Waals surface area contributed by atoms with Gasteiger partial charge in [-0.15, -0.1) is 0 Å². The molecule has 1 atom stereocenters. The average molecular weight is 371 g/mol. The molecule has 0 spiro atoms. The van der Waals surface area contributed by atoms with Gasteiger partial charge in [-0.25, -0.2) is 14.3 Å². The number of benzene rings is 2. The van der Waals surface area contributed by atoms with Gasteiger partial charge in [0.2, 0.25) is 0 Å². The number of H-pyrrole nitrogens is 1. The second-order valence-corrected chi connectivity index (χ2v) is 6.93. The van der Waals surface area contributed by atoms with Gasteiger partial charge in [0.1, 0.15) is 0 Å². The fourth-order valence-electron chi connectivity index (χ4n) is 3.92. The van der Waals surface area contributed by atoms with Crippen LogP contribution in [0.25, 0.3) is 16.8 Å². The predicted octanol–water partition coefficient (Wildman–Crippen LogP) is 3.57. The van der Waals surface area contributed by atoms with Crippen LogP contribution >= 0.6 is 0 Å². The summed E-state index contributed by atoms with van der Waals surface area (Å²) < 4.78 is 6.98. The van der Waals surface area contributed by atoms with Crippen LogP contribution in [-0.4, -0.2) is 20.6 Å². The molecule has 0 bridgehead atoms. The molecule has 1 aliphatic heterocycles. The molecule has 6 nitrogen and oxygen atoms in total. The molecule has 1 aliphatic rings. The Morgan fingerprint density at radius 1 is 1.00 bits per heavy atom. The van der Waals surface area contributed by atoms with Gasteiger partial charge in [-0.2, -0.15) is 0 Å². The Hall–Kier alpha value is -3.67. The minimum atomic E-state index is -0.746. The van der Waals surface area contributed by atoms with Crippen LogP contribution in [0.15, 0.2) is 59.4 Å². The van der Waals surface area contributed by atoms with Gasteiger partial charge in [0.05, 0.1) is 16.8 Å². The summed E-state index contributed by atoms with van der Waals surface area (Å²) in [7, 11) is 0. The van der Waals surface area contributed by atoms with E-state index in [1.165, 1.54) is 4.52 Å². The van der Waals surface area contributed by atoms with Crippen LogP contribution in [-0.2, 0) is 4.74 Å². The van der Waals surface area contributed by atoms with Gasteiger partial charge >= 0.3 is 5.97 Å². The van der Waals surface area contributed by atoms with Crippen LogP contribution in [0.2, 0.25) is 0 Å². The number of hydrogen-bond donors (Lipinski definition) is 1. The third-order valence-corrected chi connectivity index (χ3v) is 5.20. The number of fused-ring (bicyclic) bond motifs is 2. The normalized spacial score (nSPS) is 15.6. The maximum absolute atomic E-state index is 13.4. The lowest BCUT2D eigenvalue weighted by molar-refractivity contribution is 0.0452. The third-order valence-electron chi connectivity index (χ3n) is 5.20. The summed E-state index contributed by atoms with van der Waals surface area (Å²) in [4.78, 5) is 30.3. The minimum Gasteiger partial charge on any atom is -0.449 e. The Labute approximate surface area is 160 Å². The van der Waals surface area contributed by atoms with Gasteiger partial charge < -0.3 is 4.74 Å². The van der Waals surface area contributed by atoms with Crippen molar-refractivity contribution >= 4 is 11.6 Å². The van der Waals surface area contributed by atoms with Crippen molar-refractivity contribution in [2.24, 2.45) is 0 Å². The number of aromatic amines is 1. The summed E-state index contributed by atoms with van der Waals surface area (Å²) >= 11 is 0. The molecule has 2 aromatic heterocycles. The highest BCUT2D eigenvalue weighted by molar-refractivity contribution is 5.94. The van der Waals surface area contributed by atoms with E-state index in [4.69, 9.17) is 9.72 Å².